The van der Waals surface area contributed by atoms with Gasteiger partial charge in [-0.15, -0.1) is 0 Å². The second-order valence-corrected chi connectivity index (χ2v) is 7.78. The van der Waals surface area contributed by atoms with Crippen LogP contribution in [0.2, 0.25) is 0 Å². The van der Waals surface area contributed by atoms with Gasteiger partial charge in [0.15, 0.2) is 0 Å². The monoisotopic (exact) mass is 452 g/mol. The summed E-state index contributed by atoms with van der Waals surface area (Å²) >= 11 is 0. The number of rotatable bonds is 5. The average Bonchev–Trinajstić information content (AvgIpc) is 3.32. The van der Waals surface area contributed by atoms with Gasteiger partial charge >= 0.3 is 12.1 Å². The zero-order valence-electron chi connectivity index (χ0n) is 17.1. The molecule has 2 fully saturated rings. The number of carboxylic acids is 1. The number of carbonyl (C=O) groups is 2. The van der Waals surface area contributed by atoms with Crippen molar-refractivity contribution >= 4 is 11.9 Å². The van der Waals surface area contributed by atoms with Crippen LogP contribution in [0.1, 0.15) is 15.9 Å². The maximum absolute atomic E-state index is 12.8. The number of fused-ring (bicyclic) bond motifs is 1. The van der Waals surface area contributed by atoms with Crippen LogP contribution < -0.4 is 0 Å². The first-order valence-corrected chi connectivity index (χ1v) is 9.90. The molecule has 2 aliphatic rings. The average molecular weight is 452 g/mol. The van der Waals surface area contributed by atoms with E-state index in [-0.39, 0.29) is 11.3 Å². The number of aromatic nitrogens is 1. The van der Waals surface area contributed by atoms with E-state index in [4.69, 9.17) is 19.4 Å². The van der Waals surface area contributed by atoms with Crippen molar-refractivity contribution in [2.45, 2.75) is 12.8 Å². The van der Waals surface area contributed by atoms with Crippen LogP contribution in [-0.2, 0) is 20.9 Å². The standard InChI is InChI=1S/C20H22N2O3.C2HF3O2/c23-19(17-6-2-1-3-7-17)22-10-18-12-25-15-20(18,13-22)14-24-11-16-5-4-8-21-9-16;3-2(4,5)1(6)7/h1-9,18H,10-15H2;(H,6,7)/t18-,20-;/m1./s1. The highest BCUT2D eigenvalue weighted by Crippen LogP contribution is 2.42. The fourth-order valence-electron chi connectivity index (χ4n) is 3.81. The molecule has 1 N–H and O–H groups in total. The summed E-state index contributed by atoms with van der Waals surface area (Å²) < 4.78 is 43.4. The molecule has 2 aliphatic heterocycles. The van der Waals surface area contributed by atoms with Gasteiger partial charge in [-0.1, -0.05) is 24.3 Å². The van der Waals surface area contributed by atoms with Crippen LogP contribution in [0.3, 0.4) is 0 Å². The summed E-state index contributed by atoms with van der Waals surface area (Å²) in [5.41, 5.74) is 1.71. The van der Waals surface area contributed by atoms with E-state index in [0.29, 0.717) is 38.9 Å². The first-order chi connectivity index (χ1) is 15.2. The molecular weight excluding hydrogens is 429 g/mol. The first kappa shape index (κ1) is 23.7. The summed E-state index contributed by atoms with van der Waals surface area (Å²) in [6.07, 6.45) is -1.51. The highest BCUT2D eigenvalue weighted by Gasteiger charge is 2.52. The number of pyridine rings is 1. The van der Waals surface area contributed by atoms with Crippen molar-refractivity contribution < 1.29 is 37.3 Å². The molecule has 10 heteroatoms. The van der Waals surface area contributed by atoms with Crippen LogP contribution in [0.15, 0.2) is 54.9 Å². The highest BCUT2D eigenvalue weighted by molar-refractivity contribution is 5.94. The van der Waals surface area contributed by atoms with Gasteiger partial charge in [-0.2, -0.15) is 13.2 Å². The second-order valence-electron chi connectivity index (χ2n) is 7.78. The smallest absolute Gasteiger partial charge is 0.475 e. The Bertz CT molecular complexity index is 911. The first-order valence-electron chi connectivity index (χ1n) is 9.90. The zero-order chi connectivity index (χ0) is 23.2. The van der Waals surface area contributed by atoms with E-state index in [2.05, 4.69) is 4.98 Å². The number of benzene rings is 1. The van der Waals surface area contributed by atoms with Crippen LogP contribution >= 0.6 is 0 Å². The fraction of sp³-hybridized carbons (Fsp3) is 0.409. The van der Waals surface area contributed by atoms with Gasteiger partial charge in [0.2, 0.25) is 0 Å². The van der Waals surface area contributed by atoms with Crippen molar-refractivity contribution in [2.75, 3.05) is 32.9 Å². The zero-order valence-corrected chi connectivity index (χ0v) is 17.1. The number of amides is 1. The van der Waals surface area contributed by atoms with Crippen molar-refractivity contribution in [3.05, 3.63) is 66.0 Å². The topological polar surface area (TPSA) is 89.0 Å². The molecule has 7 nitrogen and oxygen atoms in total. The van der Waals surface area contributed by atoms with Gasteiger partial charge in [0.05, 0.1) is 26.4 Å². The Morgan fingerprint density at radius 1 is 1.22 bits per heavy atom. The molecule has 4 rings (SSSR count). The number of halogens is 3. The molecule has 2 saturated heterocycles. The van der Waals surface area contributed by atoms with E-state index in [1.54, 1.807) is 6.20 Å². The van der Waals surface area contributed by atoms with Gasteiger partial charge in [-0.3, -0.25) is 9.78 Å². The van der Waals surface area contributed by atoms with E-state index in [9.17, 15) is 18.0 Å². The largest absolute Gasteiger partial charge is 0.490 e. The minimum absolute atomic E-state index is 0.0906. The number of hydrogen-bond acceptors (Lipinski definition) is 5. The SMILES string of the molecule is O=C(O)C(F)(F)F.O=C(c1ccccc1)N1C[C@@H]2COC[C@]2(COCc2cccnc2)C1. The maximum atomic E-state index is 12.8. The van der Waals surface area contributed by atoms with Gasteiger partial charge in [0.1, 0.15) is 0 Å². The molecule has 0 saturated carbocycles. The third-order valence-electron chi connectivity index (χ3n) is 5.45. The molecule has 0 spiro atoms. The predicted octanol–water partition coefficient (Wildman–Crippen LogP) is 3.02. The van der Waals surface area contributed by atoms with Crippen molar-refractivity contribution in [3.63, 3.8) is 0 Å². The van der Waals surface area contributed by atoms with Crippen molar-refractivity contribution in [2.24, 2.45) is 11.3 Å². The summed E-state index contributed by atoms with van der Waals surface area (Å²) in [5, 5.41) is 7.12. The molecule has 2 atom stereocenters. The lowest BCUT2D eigenvalue weighted by atomic mass is 9.82. The molecule has 32 heavy (non-hydrogen) atoms. The Morgan fingerprint density at radius 2 is 1.94 bits per heavy atom. The Balaban J connectivity index is 0.000000360. The van der Waals surface area contributed by atoms with Gasteiger partial charge in [0, 0.05) is 42.4 Å². The van der Waals surface area contributed by atoms with Crippen molar-refractivity contribution in [1.82, 2.24) is 9.88 Å². The number of carboxylic acid groups (broad SMARTS) is 1. The van der Waals surface area contributed by atoms with Gasteiger partial charge < -0.3 is 19.5 Å². The summed E-state index contributed by atoms with van der Waals surface area (Å²) in [6.45, 7) is 3.93. The van der Waals surface area contributed by atoms with E-state index < -0.39 is 12.1 Å². The maximum Gasteiger partial charge on any atom is 0.490 e. The second kappa shape index (κ2) is 10.1. The Hall–Kier alpha value is -2.98. The lowest BCUT2D eigenvalue weighted by Crippen LogP contribution is -2.37. The normalized spacial score (nSPS) is 22.1. The molecule has 172 valence electrons. The molecule has 0 bridgehead atoms. The van der Waals surface area contributed by atoms with E-state index >= 15 is 0 Å². The summed E-state index contributed by atoms with van der Waals surface area (Å²) in [6, 6.07) is 13.4. The third-order valence-corrected chi connectivity index (χ3v) is 5.45. The minimum Gasteiger partial charge on any atom is -0.475 e. The lowest BCUT2D eigenvalue weighted by Gasteiger charge is -2.27. The number of aliphatic carboxylic acids is 1. The Morgan fingerprint density at radius 3 is 2.56 bits per heavy atom. The molecule has 0 aliphatic carbocycles. The van der Waals surface area contributed by atoms with Crippen molar-refractivity contribution in [3.8, 4) is 0 Å². The molecule has 0 unspecified atom stereocenters. The summed E-state index contributed by atoms with van der Waals surface area (Å²) in [5.74, 6) is -2.32. The van der Waals surface area contributed by atoms with Crippen LogP contribution in [0, 0.1) is 11.3 Å². The van der Waals surface area contributed by atoms with Crippen molar-refractivity contribution in [1.29, 1.82) is 0 Å². The summed E-state index contributed by atoms with van der Waals surface area (Å²) in [4.78, 5) is 27.7. The quantitative estimate of drug-likeness (QED) is 0.750. The number of alkyl halides is 3. The van der Waals surface area contributed by atoms with E-state index in [1.165, 1.54) is 0 Å². The molecule has 0 radical (unpaired) electrons. The van der Waals surface area contributed by atoms with Crippen LogP contribution in [-0.4, -0.2) is 66.0 Å². The number of nitrogens with zero attached hydrogens (tertiary/aromatic N) is 2. The van der Waals surface area contributed by atoms with Crippen LogP contribution in [0.4, 0.5) is 13.2 Å². The molecule has 3 heterocycles. The third kappa shape index (κ3) is 5.83. The number of likely N-dealkylation sites (tertiary alicyclic amines) is 1. The lowest BCUT2D eigenvalue weighted by molar-refractivity contribution is -0.192. The van der Waals surface area contributed by atoms with E-state index in [0.717, 1.165) is 17.7 Å². The van der Waals surface area contributed by atoms with Crippen LogP contribution in [0.5, 0.6) is 0 Å². The van der Waals surface area contributed by atoms with Crippen LogP contribution in [0.25, 0.3) is 0 Å². The van der Waals surface area contributed by atoms with Gasteiger partial charge in [-0.25, -0.2) is 4.79 Å². The summed E-state index contributed by atoms with van der Waals surface area (Å²) in [7, 11) is 0. The molecular formula is C22H23F3N2O5. The molecule has 1 aromatic carbocycles. The number of ether oxygens (including phenoxy) is 2. The van der Waals surface area contributed by atoms with Gasteiger partial charge in [-0.05, 0) is 23.8 Å². The number of hydrogen-bond donors (Lipinski definition) is 1. The Kier molecular flexibility index (Phi) is 7.47. The fourth-order valence-corrected chi connectivity index (χ4v) is 3.81. The predicted molar refractivity (Wildman–Crippen MR) is 107 cm³/mol. The Labute approximate surface area is 182 Å². The van der Waals surface area contributed by atoms with E-state index in [1.807, 2.05) is 53.6 Å². The molecule has 2 aromatic rings. The molecule has 1 aromatic heterocycles. The highest BCUT2D eigenvalue weighted by atomic mass is 19.4. The van der Waals surface area contributed by atoms with Gasteiger partial charge in [0.25, 0.3) is 5.91 Å². The number of carbonyl (C=O) groups excluding carboxylic acids is 1. The minimum atomic E-state index is -5.08. The molecule has 1 amide bonds.